The Balaban J connectivity index is 2.05. The third-order valence-electron chi connectivity index (χ3n) is 2.79. The molecule has 0 aliphatic carbocycles. The second kappa shape index (κ2) is 4.85. The molecule has 1 fully saturated rings. The van der Waals surface area contributed by atoms with Gasteiger partial charge >= 0.3 is 5.97 Å². The molecule has 17 heavy (non-hydrogen) atoms. The van der Waals surface area contributed by atoms with Crippen LogP contribution in [0.5, 0.6) is 0 Å². The van der Waals surface area contributed by atoms with Crippen molar-refractivity contribution in [2.75, 3.05) is 6.54 Å². The van der Waals surface area contributed by atoms with E-state index >= 15 is 0 Å². The van der Waals surface area contributed by atoms with E-state index < -0.39 is 18.1 Å². The number of hydrogen-bond donors (Lipinski definition) is 2. The van der Waals surface area contributed by atoms with Crippen molar-refractivity contribution in [3.63, 3.8) is 0 Å². The van der Waals surface area contributed by atoms with Crippen molar-refractivity contribution in [2.45, 2.75) is 25.0 Å². The zero-order valence-corrected chi connectivity index (χ0v) is 9.89. The summed E-state index contributed by atoms with van der Waals surface area (Å²) in [5.74, 6) is -1.29. The second-order valence-electron chi connectivity index (χ2n) is 4.05. The first-order chi connectivity index (χ1) is 8.08. The van der Waals surface area contributed by atoms with Gasteiger partial charge in [-0.3, -0.25) is 4.79 Å². The lowest BCUT2D eigenvalue weighted by Gasteiger charge is -2.20. The number of thiophene rings is 1. The maximum atomic E-state index is 11.9. The molecule has 2 heterocycles. The Morgan fingerprint density at radius 1 is 1.53 bits per heavy atom. The molecule has 1 saturated heterocycles. The van der Waals surface area contributed by atoms with Crippen LogP contribution in [0.2, 0.25) is 0 Å². The molecule has 1 aromatic rings. The topological polar surface area (TPSA) is 77.8 Å². The minimum atomic E-state index is -1.05. The fourth-order valence-electron chi connectivity index (χ4n) is 1.99. The first-order valence-corrected chi connectivity index (χ1v) is 6.18. The smallest absolute Gasteiger partial charge is 0.326 e. The Kier molecular flexibility index (Phi) is 3.44. The van der Waals surface area contributed by atoms with Gasteiger partial charge in [0.05, 0.1) is 12.5 Å². The molecular formula is C11H13NO4S. The van der Waals surface area contributed by atoms with Crippen LogP contribution in [0.25, 0.3) is 0 Å². The standard InChI is InChI=1S/C11H13NO4S/c13-7-4-9(11(15)16)12(6-7)10(14)5-8-2-1-3-17-8/h1-3,7,9,13H,4-6H2,(H,15,16)/t7-,9-/m0/s1. The molecule has 2 rings (SSSR count). The third kappa shape index (κ3) is 2.65. The average Bonchev–Trinajstić information content (AvgIpc) is 2.86. The fourth-order valence-corrected chi connectivity index (χ4v) is 2.68. The van der Waals surface area contributed by atoms with Crippen molar-refractivity contribution in [1.29, 1.82) is 0 Å². The summed E-state index contributed by atoms with van der Waals surface area (Å²) in [7, 11) is 0. The van der Waals surface area contributed by atoms with Gasteiger partial charge in [-0.15, -0.1) is 11.3 Å². The van der Waals surface area contributed by atoms with E-state index in [9.17, 15) is 14.7 Å². The highest BCUT2D eigenvalue weighted by Gasteiger charge is 2.38. The van der Waals surface area contributed by atoms with Gasteiger partial charge in [0.1, 0.15) is 6.04 Å². The molecule has 1 aliphatic heterocycles. The van der Waals surface area contributed by atoms with E-state index in [4.69, 9.17) is 5.11 Å². The maximum Gasteiger partial charge on any atom is 0.326 e. The van der Waals surface area contributed by atoms with Crippen molar-refractivity contribution in [3.05, 3.63) is 22.4 Å². The van der Waals surface area contributed by atoms with Gasteiger partial charge in [0.2, 0.25) is 5.91 Å². The van der Waals surface area contributed by atoms with E-state index in [1.165, 1.54) is 16.2 Å². The van der Waals surface area contributed by atoms with Crippen molar-refractivity contribution in [3.8, 4) is 0 Å². The lowest BCUT2D eigenvalue weighted by molar-refractivity contribution is -0.147. The molecule has 0 spiro atoms. The van der Waals surface area contributed by atoms with E-state index in [0.29, 0.717) is 0 Å². The molecule has 1 amide bonds. The van der Waals surface area contributed by atoms with E-state index in [1.807, 2.05) is 17.5 Å². The zero-order chi connectivity index (χ0) is 12.4. The number of likely N-dealkylation sites (tertiary alicyclic amines) is 1. The van der Waals surface area contributed by atoms with E-state index in [2.05, 4.69) is 0 Å². The Hall–Kier alpha value is -1.40. The van der Waals surface area contributed by atoms with Crippen molar-refractivity contribution < 1.29 is 19.8 Å². The van der Waals surface area contributed by atoms with Gasteiger partial charge in [-0.2, -0.15) is 0 Å². The van der Waals surface area contributed by atoms with Gasteiger partial charge in [0, 0.05) is 17.8 Å². The highest BCUT2D eigenvalue weighted by Crippen LogP contribution is 2.20. The van der Waals surface area contributed by atoms with E-state index in [1.54, 1.807) is 0 Å². The molecule has 2 N–H and O–H groups in total. The normalized spacial score (nSPS) is 23.9. The van der Waals surface area contributed by atoms with Crippen LogP contribution in [0.4, 0.5) is 0 Å². The predicted molar refractivity (Wildman–Crippen MR) is 61.8 cm³/mol. The van der Waals surface area contributed by atoms with Crippen molar-refractivity contribution in [1.82, 2.24) is 4.90 Å². The summed E-state index contributed by atoms with van der Waals surface area (Å²) in [6.07, 6.45) is -0.414. The van der Waals surface area contributed by atoms with E-state index in [-0.39, 0.29) is 25.3 Å². The number of carboxylic acid groups (broad SMARTS) is 1. The number of aliphatic hydroxyl groups excluding tert-OH is 1. The number of nitrogens with zero attached hydrogens (tertiary/aromatic N) is 1. The molecule has 0 bridgehead atoms. The van der Waals surface area contributed by atoms with E-state index in [0.717, 1.165) is 4.88 Å². The summed E-state index contributed by atoms with van der Waals surface area (Å²) in [5, 5.41) is 20.3. The number of carbonyl (C=O) groups excluding carboxylic acids is 1. The van der Waals surface area contributed by atoms with Crippen LogP contribution < -0.4 is 0 Å². The average molecular weight is 255 g/mol. The molecule has 1 aliphatic rings. The molecule has 0 saturated carbocycles. The summed E-state index contributed by atoms with van der Waals surface area (Å²) in [5.41, 5.74) is 0. The lowest BCUT2D eigenvalue weighted by Crippen LogP contribution is -2.41. The number of rotatable bonds is 3. The first kappa shape index (κ1) is 12.1. The quantitative estimate of drug-likeness (QED) is 0.816. The second-order valence-corrected chi connectivity index (χ2v) is 5.08. The van der Waals surface area contributed by atoms with Crippen LogP contribution >= 0.6 is 11.3 Å². The molecule has 6 heteroatoms. The van der Waals surface area contributed by atoms with Gasteiger partial charge in [-0.1, -0.05) is 6.07 Å². The number of carboxylic acids is 1. The van der Waals surface area contributed by atoms with Crippen LogP contribution in [0, 0.1) is 0 Å². The van der Waals surface area contributed by atoms with Gasteiger partial charge in [0.25, 0.3) is 0 Å². The highest BCUT2D eigenvalue weighted by atomic mass is 32.1. The number of amides is 1. The molecule has 2 atom stereocenters. The SMILES string of the molecule is O=C(O)[C@@H]1C[C@H](O)CN1C(=O)Cc1cccs1. The van der Waals surface area contributed by atoms with Crippen LogP contribution in [0.3, 0.4) is 0 Å². The Morgan fingerprint density at radius 3 is 2.88 bits per heavy atom. The first-order valence-electron chi connectivity index (χ1n) is 5.30. The molecule has 0 unspecified atom stereocenters. The Labute approximate surface area is 102 Å². The number of hydrogen-bond acceptors (Lipinski definition) is 4. The van der Waals surface area contributed by atoms with Crippen LogP contribution in [-0.4, -0.2) is 45.7 Å². The zero-order valence-electron chi connectivity index (χ0n) is 9.07. The van der Waals surface area contributed by atoms with Crippen LogP contribution in [0.1, 0.15) is 11.3 Å². The minimum Gasteiger partial charge on any atom is -0.480 e. The predicted octanol–water partition coefficient (Wildman–Crippen LogP) is 0.337. The summed E-state index contributed by atoms with van der Waals surface area (Å²) in [4.78, 5) is 25.1. The van der Waals surface area contributed by atoms with Crippen molar-refractivity contribution in [2.24, 2.45) is 0 Å². The summed E-state index contributed by atoms with van der Waals surface area (Å²) < 4.78 is 0. The maximum absolute atomic E-state index is 11.9. The number of aliphatic carboxylic acids is 1. The Bertz CT molecular complexity index is 417. The minimum absolute atomic E-state index is 0.112. The van der Waals surface area contributed by atoms with Gasteiger partial charge in [-0.05, 0) is 11.4 Å². The Morgan fingerprint density at radius 2 is 2.29 bits per heavy atom. The molecule has 1 aromatic heterocycles. The molecule has 92 valence electrons. The van der Waals surface area contributed by atoms with Crippen molar-refractivity contribution >= 4 is 23.2 Å². The highest BCUT2D eigenvalue weighted by molar-refractivity contribution is 7.10. The molecule has 5 nitrogen and oxygen atoms in total. The van der Waals surface area contributed by atoms with Crippen LogP contribution in [-0.2, 0) is 16.0 Å². The monoisotopic (exact) mass is 255 g/mol. The molecule has 0 radical (unpaired) electrons. The van der Waals surface area contributed by atoms with Gasteiger partial charge < -0.3 is 15.1 Å². The summed E-state index contributed by atoms with van der Waals surface area (Å²) in [6.45, 7) is 0.112. The number of carbonyl (C=O) groups is 2. The number of β-amino-alcohol motifs (C(OH)–C–C–N with tert-alkyl or cyclic N) is 1. The number of aliphatic hydroxyl groups is 1. The van der Waals surface area contributed by atoms with Gasteiger partial charge in [-0.25, -0.2) is 4.79 Å². The molecule has 0 aromatic carbocycles. The fraction of sp³-hybridized carbons (Fsp3) is 0.455. The molecular weight excluding hydrogens is 242 g/mol. The summed E-state index contributed by atoms with van der Waals surface area (Å²) in [6, 6.07) is 2.79. The van der Waals surface area contributed by atoms with Crippen LogP contribution in [0.15, 0.2) is 17.5 Å². The lowest BCUT2D eigenvalue weighted by atomic mass is 10.2. The third-order valence-corrected chi connectivity index (χ3v) is 3.67. The largest absolute Gasteiger partial charge is 0.480 e. The summed E-state index contributed by atoms with van der Waals surface area (Å²) >= 11 is 1.46. The van der Waals surface area contributed by atoms with Gasteiger partial charge in [0.15, 0.2) is 0 Å².